The van der Waals surface area contributed by atoms with Crippen LogP contribution in [0.4, 0.5) is 11.4 Å². The predicted molar refractivity (Wildman–Crippen MR) is 120 cm³/mol. The van der Waals surface area contributed by atoms with Gasteiger partial charge in [0.25, 0.3) is 10.1 Å². The number of hydrogen-bond acceptors (Lipinski definition) is 9. The summed E-state index contributed by atoms with van der Waals surface area (Å²) < 4.78 is 64.4. The van der Waals surface area contributed by atoms with Crippen molar-refractivity contribution >= 4 is 43.2 Å². The molecule has 0 saturated heterocycles. The average molecular weight is 546 g/mol. The fraction of sp³-hybridized carbons (Fsp3) is 0.0909. The third-order valence-corrected chi connectivity index (χ3v) is 7.49. The van der Waals surface area contributed by atoms with E-state index in [0.717, 1.165) is 6.07 Å². The summed E-state index contributed by atoms with van der Waals surface area (Å²) in [6.07, 6.45) is 0. The number of hydrogen-bond donors (Lipinski definition) is 1. The van der Waals surface area contributed by atoms with Gasteiger partial charge in [-0.25, -0.2) is 8.42 Å². The largest absolute Gasteiger partial charge is 1.00 e. The van der Waals surface area contributed by atoms with Crippen molar-refractivity contribution in [2.24, 2.45) is 0 Å². The van der Waals surface area contributed by atoms with E-state index in [9.17, 15) is 31.0 Å². The van der Waals surface area contributed by atoms with Gasteiger partial charge in [-0.05, 0) is 43.2 Å². The van der Waals surface area contributed by atoms with Gasteiger partial charge in [-0.15, -0.1) is 0 Å². The third kappa shape index (κ3) is 5.40. The molecule has 0 heterocycles. The number of benzene rings is 3. The van der Waals surface area contributed by atoms with Crippen molar-refractivity contribution in [2.75, 3.05) is 5.32 Å². The van der Waals surface area contributed by atoms with Crippen LogP contribution in [0.1, 0.15) is 43.0 Å². The number of fused-ring (bicyclic) bond motifs is 2. The minimum atomic E-state index is -4.92. The van der Waals surface area contributed by atoms with E-state index in [1.807, 2.05) is 0 Å². The first kappa shape index (κ1) is 30.8. The van der Waals surface area contributed by atoms with Gasteiger partial charge in [0, 0.05) is 11.1 Å². The molecule has 3 aromatic carbocycles. The maximum absolute atomic E-state index is 13.4. The summed E-state index contributed by atoms with van der Waals surface area (Å²) >= 11 is 0. The van der Waals surface area contributed by atoms with Crippen LogP contribution in [0.25, 0.3) is 5.90 Å². The standard InChI is InChI=1S/C22H17N2O8S2.2Na/c1-11-7-8-15(17(9-11)33(27,28)29)24-16-10-12(2)22(34(30,31)32-23)19-18(16)20(25)13-5-3-4-6-14(13)21(19)26;;/h3-10,23-24H,1-2H3,(H,27,28,29);;/q-1;2*+1/p-1. The summed E-state index contributed by atoms with van der Waals surface area (Å²) in [5, 5.41) is 2.72. The summed E-state index contributed by atoms with van der Waals surface area (Å²) in [6.45, 7) is 2.92. The van der Waals surface area contributed by atoms with Crippen molar-refractivity contribution in [2.45, 2.75) is 23.6 Å². The van der Waals surface area contributed by atoms with Crippen LogP contribution >= 0.6 is 0 Å². The summed E-state index contributed by atoms with van der Waals surface area (Å²) in [5.41, 5.74) is -0.651. The summed E-state index contributed by atoms with van der Waals surface area (Å²) in [4.78, 5) is 25.6. The number of ketones is 2. The van der Waals surface area contributed by atoms with E-state index in [4.69, 9.17) is 5.90 Å². The van der Waals surface area contributed by atoms with Crippen LogP contribution in [-0.2, 0) is 24.5 Å². The second kappa shape index (κ2) is 11.1. The van der Waals surface area contributed by atoms with E-state index >= 15 is 0 Å². The van der Waals surface area contributed by atoms with Crippen molar-refractivity contribution in [1.82, 2.24) is 0 Å². The molecule has 0 aromatic heterocycles. The Bertz CT molecular complexity index is 1620. The van der Waals surface area contributed by atoms with E-state index in [-0.39, 0.29) is 92.7 Å². The van der Waals surface area contributed by atoms with Crippen LogP contribution < -0.4 is 64.4 Å². The normalized spacial score (nSPS) is 12.7. The Labute approximate surface area is 252 Å². The van der Waals surface area contributed by atoms with Crippen LogP contribution in [0, 0.1) is 13.8 Å². The van der Waals surface area contributed by atoms with Gasteiger partial charge < -0.3 is 20.1 Å². The Kier molecular flexibility index (Phi) is 9.53. The SMILES string of the molecule is Cc1ccc(Nc2cc(C)c(S(=O)(=O)O[NH-])c3c2C(=O)c2ccccc2C3=O)c(S(=O)(=O)[O-])c1.[Na+].[Na+]. The molecule has 0 saturated carbocycles. The van der Waals surface area contributed by atoms with Gasteiger partial charge in [0.1, 0.15) is 15.0 Å². The first-order valence-electron chi connectivity index (χ1n) is 9.66. The first-order chi connectivity index (χ1) is 15.9. The van der Waals surface area contributed by atoms with Crippen molar-refractivity contribution < 1.29 is 94.4 Å². The topological polar surface area (TPSA) is 171 Å². The Morgan fingerprint density at radius 1 is 0.833 bits per heavy atom. The Balaban J connectivity index is 0.00000228. The zero-order chi connectivity index (χ0) is 25.0. The second-order valence-corrected chi connectivity index (χ2v) is 10.5. The molecule has 2 N–H and O–H groups in total. The third-order valence-electron chi connectivity index (χ3n) is 5.37. The van der Waals surface area contributed by atoms with Crippen molar-refractivity contribution in [3.63, 3.8) is 0 Å². The Hall–Kier alpha value is -1.42. The zero-order valence-corrected chi connectivity index (χ0v) is 25.3. The van der Waals surface area contributed by atoms with Gasteiger partial charge >= 0.3 is 59.1 Å². The van der Waals surface area contributed by atoms with E-state index in [2.05, 4.69) is 9.60 Å². The average Bonchev–Trinajstić information content (AvgIpc) is 2.77. The molecule has 3 aromatic rings. The molecule has 0 radical (unpaired) electrons. The fourth-order valence-electron chi connectivity index (χ4n) is 3.95. The van der Waals surface area contributed by atoms with Gasteiger partial charge in [-0.3, -0.25) is 9.59 Å². The number of carbonyl (C=O) groups is 2. The maximum atomic E-state index is 13.4. The summed E-state index contributed by atoms with van der Waals surface area (Å²) in [6, 6.07) is 11.0. The molecule has 1 aliphatic carbocycles. The summed E-state index contributed by atoms with van der Waals surface area (Å²) in [5.74, 6) is 5.48. The maximum Gasteiger partial charge on any atom is 1.00 e. The second-order valence-electron chi connectivity index (χ2n) is 7.64. The van der Waals surface area contributed by atoms with Crippen molar-refractivity contribution in [3.05, 3.63) is 87.8 Å². The number of rotatable bonds is 5. The van der Waals surface area contributed by atoms with Crippen LogP contribution in [0.3, 0.4) is 0 Å². The molecule has 0 bridgehead atoms. The van der Waals surface area contributed by atoms with E-state index in [1.165, 1.54) is 49.4 Å². The Morgan fingerprint density at radius 3 is 1.92 bits per heavy atom. The van der Waals surface area contributed by atoms with E-state index in [0.29, 0.717) is 5.56 Å². The molecule has 0 amide bonds. The quantitative estimate of drug-likeness (QED) is 0.160. The van der Waals surface area contributed by atoms with Gasteiger partial charge in [0.05, 0.1) is 27.4 Å². The molecule has 176 valence electrons. The van der Waals surface area contributed by atoms with Crippen molar-refractivity contribution in [3.8, 4) is 0 Å². The molecule has 14 heteroatoms. The molecule has 10 nitrogen and oxygen atoms in total. The molecular weight excluding hydrogens is 530 g/mol. The molecule has 0 spiro atoms. The Morgan fingerprint density at radius 2 is 1.39 bits per heavy atom. The van der Waals surface area contributed by atoms with E-state index < -0.39 is 47.2 Å². The van der Waals surface area contributed by atoms with E-state index in [1.54, 1.807) is 6.92 Å². The van der Waals surface area contributed by atoms with Gasteiger partial charge in [0.15, 0.2) is 11.6 Å². The van der Waals surface area contributed by atoms with Crippen molar-refractivity contribution in [1.29, 1.82) is 0 Å². The zero-order valence-electron chi connectivity index (χ0n) is 19.7. The van der Waals surface area contributed by atoms with Gasteiger partial charge in [0.2, 0.25) is 0 Å². The number of anilines is 2. The number of carbonyl (C=O) groups excluding carboxylic acids is 2. The number of nitrogens with one attached hydrogen (secondary N) is 2. The smallest absolute Gasteiger partial charge is 0.744 e. The molecule has 1 aliphatic rings. The molecule has 0 atom stereocenters. The molecule has 36 heavy (non-hydrogen) atoms. The molecule has 0 aliphatic heterocycles. The van der Waals surface area contributed by atoms with Crippen LogP contribution in [0.5, 0.6) is 0 Å². The van der Waals surface area contributed by atoms with Gasteiger partial charge in [-0.2, -0.15) is 8.42 Å². The van der Waals surface area contributed by atoms with Crippen LogP contribution in [-0.4, -0.2) is 33.0 Å². The minimum absolute atomic E-state index is 0. The molecular formula is C22H16N2Na2O8S2. The molecule has 0 fully saturated rings. The molecule has 4 rings (SSSR count). The number of aryl methyl sites for hydroxylation is 2. The van der Waals surface area contributed by atoms with Crippen LogP contribution in [0.15, 0.2) is 58.3 Å². The first-order valence-corrected chi connectivity index (χ1v) is 12.5. The molecule has 0 unspecified atom stereocenters. The predicted octanol–water partition coefficient (Wildman–Crippen LogP) is -2.59. The van der Waals surface area contributed by atoms with Crippen LogP contribution in [0.2, 0.25) is 0 Å². The minimum Gasteiger partial charge on any atom is -0.744 e. The monoisotopic (exact) mass is 546 g/mol. The fourth-order valence-corrected chi connectivity index (χ4v) is 5.65. The summed E-state index contributed by atoms with van der Waals surface area (Å²) in [7, 11) is -9.66. The van der Waals surface area contributed by atoms with Gasteiger partial charge in [-0.1, -0.05) is 30.3 Å².